The van der Waals surface area contributed by atoms with Crippen LogP contribution in [0.15, 0.2) is 10.5 Å². The number of likely N-dealkylation sites (tertiary alicyclic amines) is 1. The van der Waals surface area contributed by atoms with Crippen molar-refractivity contribution in [2.75, 3.05) is 34.4 Å². The van der Waals surface area contributed by atoms with Crippen molar-refractivity contribution in [3.63, 3.8) is 0 Å². The number of methoxy groups -OCH3 is 2. The van der Waals surface area contributed by atoms with Crippen molar-refractivity contribution in [3.8, 4) is 17.2 Å². The van der Waals surface area contributed by atoms with E-state index in [1.807, 2.05) is 13.1 Å². The first-order valence-electron chi connectivity index (χ1n) is 6.57. The summed E-state index contributed by atoms with van der Waals surface area (Å²) in [7, 11) is 5.18. The summed E-state index contributed by atoms with van der Waals surface area (Å²) in [6.45, 7) is 1.60. The van der Waals surface area contributed by atoms with E-state index in [2.05, 4.69) is 20.8 Å². The quantitative estimate of drug-likeness (QED) is 0.875. The van der Waals surface area contributed by atoms with Crippen LogP contribution in [-0.2, 0) is 0 Å². The summed E-state index contributed by atoms with van der Waals surface area (Å²) in [6, 6.07) is 1.98. The van der Waals surface area contributed by atoms with Gasteiger partial charge in [-0.3, -0.25) is 4.90 Å². The molecule has 3 N–H and O–H groups in total. The van der Waals surface area contributed by atoms with Crippen LogP contribution in [0.5, 0.6) is 17.2 Å². The summed E-state index contributed by atoms with van der Waals surface area (Å²) in [5.74, 6) is 1.77. The molecule has 0 bridgehead atoms. The molecule has 0 saturated carbocycles. The maximum Gasteiger partial charge on any atom is 0.178 e. The first kappa shape index (κ1) is 15.4. The van der Waals surface area contributed by atoms with Gasteiger partial charge in [0, 0.05) is 18.2 Å². The topological polar surface area (TPSA) is 68.0 Å². The molecule has 0 aromatic heterocycles. The second-order valence-corrected chi connectivity index (χ2v) is 5.95. The van der Waals surface area contributed by atoms with Gasteiger partial charge in [0.1, 0.15) is 10.2 Å². The number of rotatable bonds is 4. The Balaban J connectivity index is 2.44. The van der Waals surface area contributed by atoms with Gasteiger partial charge in [-0.25, -0.2) is 0 Å². The van der Waals surface area contributed by atoms with E-state index in [4.69, 9.17) is 15.2 Å². The van der Waals surface area contributed by atoms with E-state index in [1.165, 1.54) is 0 Å². The van der Waals surface area contributed by atoms with Crippen molar-refractivity contribution in [3.05, 3.63) is 16.1 Å². The molecule has 112 valence electrons. The fourth-order valence-electron chi connectivity index (χ4n) is 2.85. The Labute approximate surface area is 127 Å². The SMILES string of the molecule is COc1cc(C2CC(CN)CN2C)c(O)c(Br)c1OC. The van der Waals surface area contributed by atoms with Gasteiger partial charge in [-0.2, -0.15) is 0 Å². The van der Waals surface area contributed by atoms with Crippen LogP contribution in [0.4, 0.5) is 0 Å². The number of nitrogens with two attached hydrogens (primary N) is 1. The Morgan fingerprint density at radius 3 is 2.65 bits per heavy atom. The van der Waals surface area contributed by atoms with E-state index in [1.54, 1.807) is 14.2 Å². The Morgan fingerprint density at radius 1 is 1.45 bits per heavy atom. The third-order valence-electron chi connectivity index (χ3n) is 3.94. The van der Waals surface area contributed by atoms with Crippen molar-refractivity contribution in [2.24, 2.45) is 11.7 Å². The molecule has 1 saturated heterocycles. The van der Waals surface area contributed by atoms with Gasteiger partial charge in [0.15, 0.2) is 11.5 Å². The third kappa shape index (κ3) is 2.60. The molecule has 2 unspecified atom stereocenters. The first-order valence-corrected chi connectivity index (χ1v) is 7.36. The highest BCUT2D eigenvalue weighted by Crippen LogP contribution is 2.48. The number of hydrogen-bond acceptors (Lipinski definition) is 5. The molecular weight excluding hydrogens is 324 g/mol. The number of phenolic OH excluding ortho intramolecular Hbond substituents is 1. The Morgan fingerprint density at radius 2 is 2.15 bits per heavy atom. The van der Waals surface area contributed by atoms with Crippen LogP contribution >= 0.6 is 15.9 Å². The number of nitrogens with zero attached hydrogens (tertiary/aromatic N) is 1. The molecule has 1 aromatic carbocycles. The van der Waals surface area contributed by atoms with Gasteiger partial charge in [-0.1, -0.05) is 0 Å². The van der Waals surface area contributed by atoms with E-state index in [0.29, 0.717) is 28.4 Å². The highest BCUT2D eigenvalue weighted by Gasteiger charge is 2.33. The van der Waals surface area contributed by atoms with Crippen LogP contribution in [-0.4, -0.2) is 44.4 Å². The summed E-state index contributed by atoms with van der Waals surface area (Å²) in [5, 5.41) is 10.4. The molecule has 1 aromatic rings. The molecule has 1 heterocycles. The van der Waals surface area contributed by atoms with Crippen LogP contribution in [0, 0.1) is 5.92 Å². The van der Waals surface area contributed by atoms with Gasteiger partial charge in [0.25, 0.3) is 0 Å². The lowest BCUT2D eigenvalue weighted by Crippen LogP contribution is -2.20. The predicted octanol–water partition coefficient (Wildman–Crippen LogP) is 2.12. The molecule has 1 aliphatic heterocycles. The van der Waals surface area contributed by atoms with Gasteiger partial charge in [0.05, 0.1) is 14.2 Å². The highest BCUT2D eigenvalue weighted by molar-refractivity contribution is 9.10. The first-order chi connectivity index (χ1) is 9.53. The lowest BCUT2D eigenvalue weighted by Gasteiger charge is -2.23. The van der Waals surface area contributed by atoms with Gasteiger partial charge >= 0.3 is 0 Å². The van der Waals surface area contributed by atoms with Crippen molar-refractivity contribution in [1.82, 2.24) is 4.90 Å². The average molecular weight is 345 g/mol. The smallest absolute Gasteiger partial charge is 0.178 e. The zero-order chi connectivity index (χ0) is 14.9. The zero-order valence-corrected chi connectivity index (χ0v) is 13.6. The zero-order valence-electron chi connectivity index (χ0n) is 12.0. The van der Waals surface area contributed by atoms with Gasteiger partial charge in [-0.05, 0) is 47.9 Å². The summed E-state index contributed by atoms with van der Waals surface area (Å²) in [4.78, 5) is 2.21. The van der Waals surface area contributed by atoms with Crippen molar-refractivity contribution in [2.45, 2.75) is 12.5 Å². The summed E-state index contributed by atoms with van der Waals surface area (Å²) < 4.78 is 11.1. The van der Waals surface area contributed by atoms with E-state index in [-0.39, 0.29) is 11.8 Å². The van der Waals surface area contributed by atoms with Crippen molar-refractivity contribution >= 4 is 15.9 Å². The number of hydrogen-bond donors (Lipinski definition) is 2. The Kier molecular flexibility index (Phi) is 4.78. The van der Waals surface area contributed by atoms with Crippen LogP contribution in [0.3, 0.4) is 0 Å². The maximum absolute atomic E-state index is 10.4. The minimum atomic E-state index is 0.139. The van der Waals surface area contributed by atoms with E-state index < -0.39 is 0 Å². The minimum absolute atomic E-state index is 0.139. The maximum atomic E-state index is 10.4. The lowest BCUT2D eigenvalue weighted by molar-refractivity contribution is 0.300. The Hall–Kier alpha value is -0.980. The largest absolute Gasteiger partial charge is 0.506 e. The lowest BCUT2D eigenvalue weighted by atomic mass is 9.98. The molecule has 20 heavy (non-hydrogen) atoms. The van der Waals surface area contributed by atoms with Gasteiger partial charge < -0.3 is 20.3 Å². The number of aromatic hydroxyl groups is 1. The molecule has 0 aliphatic carbocycles. The summed E-state index contributed by atoms with van der Waals surface area (Å²) >= 11 is 3.38. The molecular formula is C14H21BrN2O3. The van der Waals surface area contributed by atoms with Crippen LogP contribution < -0.4 is 15.2 Å². The van der Waals surface area contributed by atoms with E-state index in [9.17, 15) is 5.11 Å². The minimum Gasteiger partial charge on any atom is -0.506 e. The van der Waals surface area contributed by atoms with Gasteiger partial charge in [-0.15, -0.1) is 0 Å². The number of halogens is 1. The summed E-state index contributed by atoms with van der Waals surface area (Å²) in [5.41, 5.74) is 6.60. The van der Waals surface area contributed by atoms with Crippen LogP contribution in [0.1, 0.15) is 18.0 Å². The molecule has 1 fully saturated rings. The Bertz CT molecular complexity index is 496. The second kappa shape index (κ2) is 6.20. The predicted molar refractivity (Wildman–Crippen MR) is 81.4 cm³/mol. The van der Waals surface area contributed by atoms with Crippen molar-refractivity contribution < 1.29 is 14.6 Å². The third-order valence-corrected chi connectivity index (χ3v) is 4.68. The molecule has 2 rings (SSSR count). The summed E-state index contributed by atoms with van der Waals surface area (Å²) in [6.07, 6.45) is 0.933. The molecule has 0 spiro atoms. The van der Waals surface area contributed by atoms with Crippen molar-refractivity contribution in [1.29, 1.82) is 0 Å². The van der Waals surface area contributed by atoms with Crippen LogP contribution in [0.2, 0.25) is 0 Å². The van der Waals surface area contributed by atoms with Crippen LogP contribution in [0.25, 0.3) is 0 Å². The normalized spacial score (nSPS) is 23.1. The number of benzene rings is 1. The highest BCUT2D eigenvalue weighted by atomic mass is 79.9. The van der Waals surface area contributed by atoms with Gasteiger partial charge in [0.2, 0.25) is 0 Å². The average Bonchev–Trinajstić information content (AvgIpc) is 2.82. The fourth-order valence-corrected chi connectivity index (χ4v) is 3.44. The number of phenols is 1. The molecule has 2 atom stereocenters. The standard InChI is InChI=1S/C14H21BrN2O3/c1-17-7-8(6-16)4-10(17)9-5-11(19-2)14(20-3)12(15)13(9)18/h5,8,10,18H,4,6-7,16H2,1-3H3. The molecule has 0 amide bonds. The van der Waals surface area contributed by atoms with E-state index in [0.717, 1.165) is 18.5 Å². The monoisotopic (exact) mass is 344 g/mol. The number of ether oxygens (including phenoxy) is 2. The molecule has 6 heteroatoms. The van der Waals surface area contributed by atoms with E-state index >= 15 is 0 Å². The molecule has 0 radical (unpaired) electrons. The molecule has 5 nitrogen and oxygen atoms in total. The fraction of sp³-hybridized carbons (Fsp3) is 0.571. The second-order valence-electron chi connectivity index (χ2n) is 5.16. The molecule has 1 aliphatic rings.